The maximum atomic E-state index is 12.2. The Bertz CT molecular complexity index is 868. The van der Waals surface area contributed by atoms with Crippen LogP contribution in [-0.4, -0.2) is 28.5 Å². The van der Waals surface area contributed by atoms with Crippen LogP contribution in [-0.2, 0) is 11.2 Å². The largest absolute Gasteiger partial charge is 0.481 e. The molecular formula is C20H20BrN3O2S. The number of hydrogen-bond acceptors (Lipinski definition) is 5. The summed E-state index contributed by atoms with van der Waals surface area (Å²) in [5.74, 6) is 0.557. The van der Waals surface area contributed by atoms with Crippen LogP contribution in [0.15, 0.2) is 58.6 Å². The van der Waals surface area contributed by atoms with Gasteiger partial charge in [-0.25, -0.2) is 4.98 Å². The number of aromatic nitrogens is 2. The molecule has 0 spiro atoms. The van der Waals surface area contributed by atoms with E-state index in [4.69, 9.17) is 4.74 Å². The average molecular weight is 446 g/mol. The third-order valence-electron chi connectivity index (χ3n) is 3.89. The fraction of sp³-hybridized carbons (Fsp3) is 0.250. The van der Waals surface area contributed by atoms with Crippen molar-refractivity contribution in [2.24, 2.45) is 0 Å². The highest BCUT2D eigenvalue weighted by molar-refractivity contribution is 9.10. The van der Waals surface area contributed by atoms with Crippen LogP contribution in [0.1, 0.15) is 18.4 Å². The molecule has 1 N–H and O–H groups in total. The molecule has 1 aromatic carbocycles. The van der Waals surface area contributed by atoms with Crippen molar-refractivity contribution in [3.63, 3.8) is 0 Å². The summed E-state index contributed by atoms with van der Waals surface area (Å²) < 4.78 is 6.62. The van der Waals surface area contributed by atoms with Gasteiger partial charge in [-0.3, -0.25) is 9.78 Å². The van der Waals surface area contributed by atoms with Crippen LogP contribution in [0.5, 0.6) is 5.75 Å². The lowest BCUT2D eigenvalue weighted by atomic mass is 10.2. The standard InChI is InChI=1S/C20H20BrN3O2S/c1-14(26-17-6-4-16(21)5-7-17)20(25)23-10-2-3-19-24-18(13-27-19)15-8-11-22-12-9-15/h4-9,11-14H,2-3,10H2,1H3,(H,23,25). The number of nitrogens with zero attached hydrogens (tertiary/aromatic N) is 2. The molecule has 0 bridgehead atoms. The lowest BCUT2D eigenvalue weighted by Gasteiger charge is -2.14. The van der Waals surface area contributed by atoms with E-state index < -0.39 is 6.10 Å². The number of aryl methyl sites for hydroxylation is 1. The molecule has 1 unspecified atom stereocenters. The molecule has 0 aliphatic heterocycles. The van der Waals surface area contributed by atoms with Crippen LogP contribution in [0.2, 0.25) is 0 Å². The molecule has 27 heavy (non-hydrogen) atoms. The number of hydrogen-bond donors (Lipinski definition) is 1. The number of pyridine rings is 1. The highest BCUT2D eigenvalue weighted by Crippen LogP contribution is 2.21. The molecule has 1 atom stereocenters. The maximum absolute atomic E-state index is 12.2. The first-order valence-electron chi connectivity index (χ1n) is 8.66. The molecule has 0 aliphatic rings. The molecule has 5 nitrogen and oxygen atoms in total. The molecule has 140 valence electrons. The number of carbonyl (C=O) groups excluding carboxylic acids is 1. The Kier molecular flexibility index (Phi) is 6.95. The molecule has 0 saturated heterocycles. The smallest absolute Gasteiger partial charge is 0.260 e. The van der Waals surface area contributed by atoms with E-state index in [1.807, 2.05) is 36.4 Å². The van der Waals surface area contributed by atoms with E-state index in [2.05, 4.69) is 36.6 Å². The van der Waals surface area contributed by atoms with Crippen molar-refractivity contribution in [1.82, 2.24) is 15.3 Å². The molecule has 0 radical (unpaired) electrons. The summed E-state index contributed by atoms with van der Waals surface area (Å²) in [7, 11) is 0. The summed E-state index contributed by atoms with van der Waals surface area (Å²) in [6.07, 6.45) is 4.66. The Balaban J connectivity index is 1.40. The monoisotopic (exact) mass is 445 g/mol. The number of rotatable bonds is 8. The molecule has 3 rings (SSSR count). The zero-order chi connectivity index (χ0) is 19.1. The first-order chi connectivity index (χ1) is 13.1. The predicted molar refractivity (Wildman–Crippen MR) is 111 cm³/mol. The molecule has 0 aliphatic carbocycles. The number of nitrogens with one attached hydrogen (secondary N) is 1. The van der Waals surface area contributed by atoms with Crippen LogP contribution in [0.3, 0.4) is 0 Å². The summed E-state index contributed by atoms with van der Waals surface area (Å²) in [5, 5.41) is 6.04. The Morgan fingerprint density at radius 2 is 1.96 bits per heavy atom. The zero-order valence-corrected chi connectivity index (χ0v) is 17.3. The second-order valence-electron chi connectivity index (χ2n) is 5.97. The highest BCUT2D eigenvalue weighted by Gasteiger charge is 2.14. The fourth-order valence-electron chi connectivity index (χ4n) is 2.45. The summed E-state index contributed by atoms with van der Waals surface area (Å²) in [5.41, 5.74) is 2.04. The zero-order valence-electron chi connectivity index (χ0n) is 14.9. The predicted octanol–water partition coefficient (Wildman–Crippen LogP) is 4.48. The van der Waals surface area contributed by atoms with E-state index in [9.17, 15) is 4.79 Å². The van der Waals surface area contributed by atoms with Crippen LogP contribution in [0.4, 0.5) is 0 Å². The minimum Gasteiger partial charge on any atom is -0.481 e. The number of thiazole rings is 1. The quantitative estimate of drug-likeness (QED) is 0.518. The molecule has 1 amide bonds. The molecule has 0 saturated carbocycles. The van der Waals surface area contributed by atoms with Gasteiger partial charge < -0.3 is 10.1 Å². The van der Waals surface area contributed by atoms with Gasteiger partial charge >= 0.3 is 0 Å². The normalized spacial score (nSPS) is 11.8. The summed E-state index contributed by atoms with van der Waals surface area (Å²) >= 11 is 5.01. The van der Waals surface area contributed by atoms with E-state index in [1.54, 1.807) is 30.7 Å². The first-order valence-corrected chi connectivity index (χ1v) is 10.3. The van der Waals surface area contributed by atoms with Crippen molar-refractivity contribution in [1.29, 1.82) is 0 Å². The van der Waals surface area contributed by atoms with Gasteiger partial charge in [-0.15, -0.1) is 11.3 Å². The van der Waals surface area contributed by atoms with Gasteiger partial charge in [-0.2, -0.15) is 0 Å². The first kappa shape index (κ1) is 19.5. The Labute approximate surface area is 171 Å². The highest BCUT2D eigenvalue weighted by atomic mass is 79.9. The molecule has 2 aromatic heterocycles. The van der Waals surface area contributed by atoms with Crippen molar-refractivity contribution in [3.8, 4) is 17.0 Å². The van der Waals surface area contributed by atoms with Crippen molar-refractivity contribution in [2.75, 3.05) is 6.54 Å². The minimum atomic E-state index is -0.538. The van der Waals surface area contributed by atoms with Crippen LogP contribution < -0.4 is 10.1 Å². The van der Waals surface area contributed by atoms with Gasteiger partial charge in [-0.05, 0) is 49.7 Å². The molecule has 2 heterocycles. The maximum Gasteiger partial charge on any atom is 0.260 e. The number of halogens is 1. The Morgan fingerprint density at radius 3 is 2.70 bits per heavy atom. The number of benzene rings is 1. The Hall–Kier alpha value is -2.25. The Morgan fingerprint density at radius 1 is 1.22 bits per heavy atom. The summed E-state index contributed by atoms with van der Waals surface area (Å²) in [6, 6.07) is 11.3. The van der Waals surface area contributed by atoms with Gasteiger partial charge in [0.15, 0.2) is 6.10 Å². The van der Waals surface area contributed by atoms with Crippen molar-refractivity contribution in [3.05, 3.63) is 63.7 Å². The second kappa shape index (κ2) is 9.62. The van der Waals surface area contributed by atoms with Crippen molar-refractivity contribution < 1.29 is 9.53 Å². The van der Waals surface area contributed by atoms with Crippen LogP contribution in [0, 0.1) is 0 Å². The third kappa shape index (κ3) is 5.87. The van der Waals surface area contributed by atoms with Crippen LogP contribution in [0.25, 0.3) is 11.3 Å². The van der Waals surface area contributed by atoms with E-state index in [0.29, 0.717) is 12.3 Å². The van der Waals surface area contributed by atoms with Gasteiger partial charge in [-0.1, -0.05) is 15.9 Å². The molecular weight excluding hydrogens is 426 g/mol. The van der Waals surface area contributed by atoms with Crippen LogP contribution >= 0.6 is 27.3 Å². The third-order valence-corrected chi connectivity index (χ3v) is 5.33. The number of amides is 1. The average Bonchev–Trinajstić information content (AvgIpc) is 3.16. The minimum absolute atomic E-state index is 0.116. The van der Waals surface area contributed by atoms with Gasteiger partial charge in [0.25, 0.3) is 5.91 Å². The van der Waals surface area contributed by atoms with E-state index in [1.165, 1.54) is 0 Å². The summed E-state index contributed by atoms with van der Waals surface area (Å²) in [6.45, 7) is 2.34. The fourth-order valence-corrected chi connectivity index (χ4v) is 3.56. The number of ether oxygens (including phenoxy) is 1. The lowest BCUT2D eigenvalue weighted by Crippen LogP contribution is -2.36. The van der Waals surface area contributed by atoms with Crippen molar-refractivity contribution in [2.45, 2.75) is 25.9 Å². The van der Waals surface area contributed by atoms with E-state index >= 15 is 0 Å². The lowest BCUT2D eigenvalue weighted by molar-refractivity contribution is -0.127. The van der Waals surface area contributed by atoms with Crippen molar-refractivity contribution >= 4 is 33.2 Å². The summed E-state index contributed by atoms with van der Waals surface area (Å²) in [4.78, 5) is 20.8. The van der Waals surface area contributed by atoms with E-state index in [0.717, 1.165) is 33.6 Å². The number of carbonyl (C=O) groups is 1. The SMILES string of the molecule is CC(Oc1ccc(Br)cc1)C(=O)NCCCc1nc(-c2ccncc2)cs1. The van der Waals surface area contributed by atoms with Gasteiger partial charge in [0.05, 0.1) is 10.7 Å². The molecule has 7 heteroatoms. The molecule has 0 fully saturated rings. The topological polar surface area (TPSA) is 64.1 Å². The van der Waals surface area contributed by atoms with E-state index in [-0.39, 0.29) is 5.91 Å². The van der Waals surface area contributed by atoms with Gasteiger partial charge in [0.2, 0.25) is 0 Å². The van der Waals surface area contributed by atoms with Gasteiger partial charge in [0, 0.05) is 40.8 Å². The second-order valence-corrected chi connectivity index (χ2v) is 7.83. The van der Waals surface area contributed by atoms with Gasteiger partial charge in [0.1, 0.15) is 5.75 Å². The molecule has 3 aromatic rings.